The first-order chi connectivity index (χ1) is 10.9. The van der Waals surface area contributed by atoms with Crippen LogP contribution in [0.1, 0.15) is 25.8 Å². The lowest BCUT2D eigenvalue weighted by Gasteiger charge is -2.14. The van der Waals surface area contributed by atoms with Gasteiger partial charge in [0.1, 0.15) is 6.33 Å². The zero-order valence-corrected chi connectivity index (χ0v) is 13.9. The highest BCUT2D eigenvalue weighted by Crippen LogP contribution is 2.32. The average molecular weight is 336 g/mol. The van der Waals surface area contributed by atoms with Gasteiger partial charge in [-0.25, -0.2) is 9.97 Å². The van der Waals surface area contributed by atoms with Crippen molar-refractivity contribution in [2.75, 3.05) is 10.6 Å². The van der Waals surface area contributed by atoms with Gasteiger partial charge in [0.25, 0.3) is 0 Å². The Morgan fingerprint density at radius 1 is 1.35 bits per heavy atom. The summed E-state index contributed by atoms with van der Waals surface area (Å²) >= 11 is 5.93. The van der Waals surface area contributed by atoms with Gasteiger partial charge in [-0.05, 0) is 44.0 Å². The Morgan fingerprint density at radius 2 is 2.04 bits per heavy atom. The number of anilines is 3. The van der Waals surface area contributed by atoms with E-state index in [1.807, 2.05) is 20.8 Å². The van der Waals surface area contributed by atoms with Crippen molar-refractivity contribution in [1.29, 1.82) is 0 Å². The minimum absolute atomic E-state index is 0.0636. The first-order valence-corrected chi connectivity index (χ1v) is 7.59. The van der Waals surface area contributed by atoms with Crippen molar-refractivity contribution in [1.82, 2.24) is 9.97 Å². The molecule has 1 heterocycles. The van der Waals surface area contributed by atoms with Crippen LogP contribution in [0.2, 0.25) is 5.02 Å². The lowest BCUT2D eigenvalue weighted by molar-refractivity contribution is -0.383. The van der Waals surface area contributed by atoms with Gasteiger partial charge in [-0.1, -0.05) is 18.5 Å². The topological polar surface area (TPSA) is 93.0 Å². The fourth-order valence-corrected chi connectivity index (χ4v) is 2.21. The highest BCUT2D eigenvalue weighted by molar-refractivity contribution is 6.30. The minimum atomic E-state index is -0.488. The summed E-state index contributed by atoms with van der Waals surface area (Å²) in [6, 6.07) is 5.30. The molecule has 1 unspecified atom stereocenters. The van der Waals surface area contributed by atoms with Gasteiger partial charge in [0.05, 0.1) is 4.92 Å². The molecule has 0 aliphatic carbocycles. The summed E-state index contributed by atoms with van der Waals surface area (Å²) in [6.07, 6.45) is 2.12. The van der Waals surface area contributed by atoms with Gasteiger partial charge in [0.2, 0.25) is 11.6 Å². The summed E-state index contributed by atoms with van der Waals surface area (Å²) in [5, 5.41) is 18.1. The summed E-state index contributed by atoms with van der Waals surface area (Å²) in [4.78, 5) is 19.0. The van der Waals surface area contributed by atoms with Gasteiger partial charge in [-0.2, -0.15) is 0 Å². The van der Waals surface area contributed by atoms with Gasteiger partial charge in [0, 0.05) is 16.8 Å². The van der Waals surface area contributed by atoms with Crippen molar-refractivity contribution in [3.05, 3.63) is 45.2 Å². The van der Waals surface area contributed by atoms with E-state index in [2.05, 4.69) is 20.6 Å². The number of halogens is 1. The number of nitrogens with zero attached hydrogens (tertiary/aromatic N) is 3. The van der Waals surface area contributed by atoms with Crippen molar-refractivity contribution < 1.29 is 4.92 Å². The summed E-state index contributed by atoms with van der Waals surface area (Å²) < 4.78 is 0. The number of rotatable bonds is 6. The second kappa shape index (κ2) is 7.23. The maximum absolute atomic E-state index is 11.5. The van der Waals surface area contributed by atoms with Crippen LogP contribution in [0.25, 0.3) is 0 Å². The second-order valence-electron chi connectivity index (χ2n) is 5.21. The molecule has 7 nitrogen and oxygen atoms in total. The Balaban J connectivity index is 2.41. The molecule has 0 spiro atoms. The van der Waals surface area contributed by atoms with E-state index in [1.165, 1.54) is 6.33 Å². The number of hydrogen-bond acceptors (Lipinski definition) is 6. The summed E-state index contributed by atoms with van der Waals surface area (Å²) in [6.45, 7) is 5.78. The molecule has 1 atom stereocenters. The molecule has 0 saturated heterocycles. The molecule has 8 heteroatoms. The van der Waals surface area contributed by atoms with Crippen LogP contribution in [0.4, 0.5) is 23.0 Å². The number of benzene rings is 1. The molecule has 0 bridgehead atoms. The average Bonchev–Trinajstić information content (AvgIpc) is 2.49. The molecule has 0 fully saturated rings. The maximum Gasteiger partial charge on any atom is 0.353 e. The number of hydrogen-bond donors (Lipinski definition) is 2. The van der Waals surface area contributed by atoms with E-state index in [0.29, 0.717) is 10.7 Å². The maximum atomic E-state index is 11.5. The van der Waals surface area contributed by atoms with Crippen LogP contribution in [-0.2, 0) is 0 Å². The molecular weight excluding hydrogens is 318 g/mol. The first kappa shape index (κ1) is 17.0. The highest BCUT2D eigenvalue weighted by atomic mass is 35.5. The molecule has 23 heavy (non-hydrogen) atoms. The summed E-state index contributed by atoms with van der Waals surface area (Å²) in [5.41, 5.74) is 1.38. The molecule has 1 aromatic heterocycles. The Hall–Kier alpha value is -2.41. The lowest BCUT2D eigenvalue weighted by atomic mass is 10.2. The number of nitro groups is 1. The van der Waals surface area contributed by atoms with Gasteiger partial charge in [-0.3, -0.25) is 10.1 Å². The third-order valence-corrected chi connectivity index (χ3v) is 3.68. The molecule has 0 saturated carbocycles. The number of nitrogens with one attached hydrogen (secondary N) is 2. The standard InChI is InChI=1S/C15H18ClN5O2/c1-4-10(3)19-14-13(21(22)23)15(18-8-17-14)20-12-6-5-11(16)7-9(12)2/h5-8,10H,4H2,1-3H3,(H2,17,18,19,20). The Labute approximate surface area is 139 Å². The fourth-order valence-electron chi connectivity index (χ4n) is 1.98. The van der Waals surface area contributed by atoms with E-state index in [9.17, 15) is 10.1 Å². The predicted molar refractivity (Wildman–Crippen MR) is 91.5 cm³/mol. The van der Waals surface area contributed by atoms with Gasteiger partial charge in [0.15, 0.2) is 0 Å². The Morgan fingerprint density at radius 3 is 2.65 bits per heavy atom. The molecule has 122 valence electrons. The van der Waals surface area contributed by atoms with Crippen LogP contribution in [0.3, 0.4) is 0 Å². The summed E-state index contributed by atoms with van der Waals surface area (Å²) in [7, 11) is 0. The Kier molecular flexibility index (Phi) is 5.33. The molecule has 2 aromatic rings. The van der Waals surface area contributed by atoms with Gasteiger partial charge >= 0.3 is 5.69 Å². The monoisotopic (exact) mass is 335 g/mol. The van der Waals surface area contributed by atoms with E-state index in [-0.39, 0.29) is 23.4 Å². The zero-order valence-electron chi connectivity index (χ0n) is 13.1. The van der Waals surface area contributed by atoms with E-state index in [1.54, 1.807) is 18.2 Å². The predicted octanol–water partition coefficient (Wildman–Crippen LogP) is 4.30. The van der Waals surface area contributed by atoms with Crippen LogP contribution in [0.5, 0.6) is 0 Å². The van der Waals surface area contributed by atoms with E-state index in [4.69, 9.17) is 11.6 Å². The molecular formula is C15H18ClN5O2. The number of aryl methyl sites for hydroxylation is 1. The fraction of sp³-hybridized carbons (Fsp3) is 0.333. The molecule has 0 radical (unpaired) electrons. The van der Waals surface area contributed by atoms with Crippen LogP contribution < -0.4 is 10.6 Å². The quantitative estimate of drug-likeness (QED) is 0.604. The first-order valence-electron chi connectivity index (χ1n) is 7.21. The molecule has 0 amide bonds. The van der Waals surface area contributed by atoms with Crippen molar-refractivity contribution in [2.45, 2.75) is 33.2 Å². The normalized spacial score (nSPS) is 11.8. The zero-order chi connectivity index (χ0) is 17.0. The van der Waals surface area contributed by atoms with Gasteiger partial charge < -0.3 is 10.6 Å². The third-order valence-electron chi connectivity index (χ3n) is 3.44. The van der Waals surface area contributed by atoms with E-state index in [0.717, 1.165) is 12.0 Å². The highest BCUT2D eigenvalue weighted by Gasteiger charge is 2.24. The second-order valence-corrected chi connectivity index (χ2v) is 5.65. The van der Waals surface area contributed by atoms with Crippen LogP contribution in [0.15, 0.2) is 24.5 Å². The molecule has 0 aliphatic heterocycles. The van der Waals surface area contributed by atoms with Crippen LogP contribution >= 0.6 is 11.6 Å². The summed E-state index contributed by atoms with van der Waals surface area (Å²) in [5.74, 6) is 0.342. The SMILES string of the molecule is CCC(C)Nc1ncnc(Nc2ccc(Cl)cc2C)c1[N+](=O)[O-]. The van der Waals surface area contributed by atoms with Crippen molar-refractivity contribution in [3.8, 4) is 0 Å². The Bertz CT molecular complexity index is 723. The largest absolute Gasteiger partial charge is 0.362 e. The van der Waals surface area contributed by atoms with Crippen LogP contribution in [-0.4, -0.2) is 20.9 Å². The molecule has 1 aromatic carbocycles. The smallest absolute Gasteiger partial charge is 0.353 e. The molecule has 2 rings (SSSR count). The lowest BCUT2D eigenvalue weighted by Crippen LogP contribution is -2.16. The van der Waals surface area contributed by atoms with Crippen molar-refractivity contribution >= 4 is 34.6 Å². The minimum Gasteiger partial charge on any atom is -0.362 e. The van der Waals surface area contributed by atoms with Crippen molar-refractivity contribution in [3.63, 3.8) is 0 Å². The molecule has 0 aliphatic rings. The van der Waals surface area contributed by atoms with Crippen LogP contribution in [0, 0.1) is 17.0 Å². The number of aromatic nitrogens is 2. The third kappa shape index (κ3) is 4.07. The van der Waals surface area contributed by atoms with Gasteiger partial charge in [-0.15, -0.1) is 0 Å². The molecule has 2 N–H and O–H groups in total. The van der Waals surface area contributed by atoms with E-state index >= 15 is 0 Å². The van der Waals surface area contributed by atoms with E-state index < -0.39 is 4.92 Å². The van der Waals surface area contributed by atoms with Crippen molar-refractivity contribution in [2.24, 2.45) is 0 Å².